The van der Waals surface area contributed by atoms with E-state index in [1.54, 1.807) is 7.05 Å². The zero-order chi connectivity index (χ0) is 17.0. The molecule has 3 N–H and O–H groups in total. The van der Waals surface area contributed by atoms with Crippen molar-refractivity contribution in [2.24, 2.45) is 5.92 Å². The summed E-state index contributed by atoms with van der Waals surface area (Å²) in [5, 5.41) is 2.08. The van der Waals surface area contributed by atoms with Gasteiger partial charge in [0.1, 0.15) is 5.57 Å². The van der Waals surface area contributed by atoms with Crippen LogP contribution in [0.1, 0.15) is 19.8 Å². The highest BCUT2D eigenvalue weighted by Gasteiger charge is 2.40. The summed E-state index contributed by atoms with van der Waals surface area (Å²) in [6.45, 7) is 6.06. The number of quaternary nitrogens is 2. The number of hydrogen-bond acceptors (Lipinski definition) is 4. The first-order valence-electron chi connectivity index (χ1n) is 8.37. The highest BCUT2D eigenvalue weighted by molar-refractivity contribution is 7.98. The maximum atomic E-state index is 12.1. The summed E-state index contributed by atoms with van der Waals surface area (Å²) in [6.07, 6.45) is 4.79. The standard InChI is InChI=1S/C16H28N4O2S/c1-12-14(18(2)16(22)19(3)15(12)21)17-7-9-20-8-5-6-13(10-20)11-23-4/h13,17H,5-11H2,1-4H3/p+2. The lowest BCUT2D eigenvalue weighted by atomic mass is 10.0. The van der Waals surface area contributed by atoms with Gasteiger partial charge in [-0.2, -0.15) is 16.7 Å². The van der Waals surface area contributed by atoms with E-state index < -0.39 is 0 Å². The summed E-state index contributed by atoms with van der Waals surface area (Å²) in [6, 6.07) is -0.176. The molecule has 130 valence electrons. The third-order valence-electron chi connectivity index (χ3n) is 4.86. The fourth-order valence-electron chi connectivity index (χ4n) is 3.53. The van der Waals surface area contributed by atoms with Gasteiger partial charge < -0.3 is 0 Å². The maximum absolute atomic E-state index is 12.1. The van der Waals surface area contributed by atoms with E-state index in [-0.39, 0.29) is 11.9 Å². The number of urea groups is 1. The number of likely N-dealkylation sites (N-methyl/N-ethyl adjacent to an activating group) is 1. The van der Waals surface area contributed by atoms with Gasteiger partial charge in [0, 0.05) is 20.1 Å². The van der Waals surface area contributed by atoms with Gasteiger partial charge in [-0.05, 0) is 44.2 Å². The second kappa shape index (κ2) is 8.28. The number of nitrogens with one attached hydrogen (secondary N) is 1. The number of carbonyl (C=O) groups is 2. The van der Waals surface area contributed by atoms with E-state index in [4.69, 9.17) is 0 Å². The average Bonchev–Trinajstić information content (AvgIpc) is 2.55. The molecule has 0 spiro atoms. The Bertz CT molecular complexity index is 492. The zero-order valence-corrected chi connectivity index (χ0v) is 15.5. The topological polar surface area (TPSA) is 61.7 Å². The number of rotatable bonds is 6. The Hall–Kier alpha value is -0.890. The fraction of sp³-hybridized carbons (Fsp3) is 0.750. The molecule has 2 atom stereocenters. The molecule has 23 heavy (non-hydrogen) atoms. The van der Waals surface area contributed by atoms with E-state index in [0.717, 1.165) is 24.8 Å². The molecular formula is C16H30N4O2S+2. The molecule has 1 saturated heterocycles. The lowest BCUT2D eigenvalue weighted by Crippen LogP contribution is -3.21. The van der Waals surface area contributed by atoms with E-state index in [1.807, 2.05) is 25.7 Å². The number of piperidine rings is 1. The summed E-state index contributed by atoms with van der Waals surface area (Å²) >= 11 is 1.93. The van der Waals surface area contributed by atoms with Gasteiger partial charge in [0.2, 0.25) is 0 Å². The average molecular weight is 343 g/mol. The van der Waals surface area contributed by atoms with Gasteiger partial charge >= 0.3 is 11.9 Å². The smallest absolute Gasteiger partial charge is 0.297 e. The molecule has 0 radical (unpaired) electrons. The molecule has 2 aliphatic rings. The predicted octanol–water partition coefficient (Wildman–Crippen LogP) is -1.04. The monoisotopic (exact) mass is 342 g/mol. The minimum atomic E-state index is -0.176. The number of nitrogens with two attached hydrogens (primary N) is 1. The first-order valence-corrected chi connectivity index (χ1v) is 9.76. The Kier molecular flexibility index (Phi) is 6.64. The molecule has 2 unspecified atom stereocenters. The Morgan fingerprint density at radius 2 is 2.13 bits per heavy atom. The van der Waals surface area contributed by atoms with Gasteiger partial charge in [0.25, 0.3) is 5.91 Å². The molecule has 2 heterocycles. The SMILES string of the molecule is CSCC1CCCN(CC[NH2+]C2=C(C)C(=O)N(C)C(=O)[NH+]2C)C1. The van der Waals surface area contributed by atoms with Gasteiger partial charge in [0.05, 0.1) is 13.6 Å². The first-order chi connectivity index (χ1) is 11.0. The van der Waals surface area contributed by atoms with E-state index >= 15 is 0 Å². The van der Waals surface area contributed by atoms with E-state index in [0.29, 0.717) is 10.5 Å². The van der Waals surface area contributed by atoms with Crippen LogP contribution in [0.3, 0.4) is 0 Å². The largest absolute Gasteiger partial charge is 0.433 e. The molecule has 2 aliphatic heterocycles. The van der Waals surface area contributed by atoms with Crippen LogP contribution in [-0.4, -0.2) is 74.0 Å². The van der Waals surface area contributed by atoms with Crippen molar-refractivity contribution in [1.82, 2.24) is 9.80 Å². The molecule has 7 heteroatoms. The normalized spacial score (nSPS) is 27.0. The van der Waals surface area contributed by atoms with Crippen LogP contribution >= 0.6 is 11.8 Å². The van der Waals surface area contributed by atoms with Gasteiger partial charge in [-0.25, -0.2) is 9.69 Å². The van der Waals surface area contributed by atoms with Gasteiger partial charge in [-0.15, -0.1) is 0 Å². The van der Waals surface area contributed by atoms with Crippen LogP contribution in [0.15, 0.2) is 11.4 Å². The van der Waals surface area contributed by atoms with Crippen molar-refractivity contribution in [3.05, 3.63) is 11.4 Å². The summed E-state index contributed by atoms with van der Waals surface area (Å²) in [5.74, 6) is 2.72. The molecule has 0 aliphatic carbocycles. The van der Waals surface area contributed by atoms with Crippen molar-refractivity contribution in [1.29, 1.82) is 0 Å². The molecule has 0 bridgehead atoms. The van der Waals surface area contributed by atoms with E-state index in [2.05, 4.69) is 16.5 Å². The van der Waals surface area contributed by atoms with E-state index in [9.17, 15) is 9.59 Å². The molecular weight excluding hydrogens is 312 g/mol. The fourth-order valence-corrected chi connectivity index (χ4v) is 4.27. The third kappa shape index (κ3) is 4.35. The van der Waals surface area contributed by atoms with Gasteiger partial charge in [-0.3, -0.25) is 15.0 Å². The van der Waals surface area contributed by atoms with Crippen molar-refractivity contribution in [3.63, 3.8) is 0 Å². The van der Waals surface area contributed by atoms with E-state index in [1.165, 1.54) is 36.6 Å². The third-order valence-corrected chi connectivity index (χ3v) is 5.66. The molecule has 2 rings (SSSR count). The minimum Gasteiger partial charge on any atom is -0.297 e. The van der Waals surface area contributed by atoms with Gasteiger partial charge in [-0.1, -0.05) is 0 Å². The second-order valence-electron chi connectivity index (χ2n) is 6.59. The number of nitrogens with zero attached hydrogens (tertiary/aromatic N) is 2. The molecule has 1 fully saturated rings. The molecule has 0 saturated carbocycles. The number of hydrogen-bond donors (Lipinski definition) is 2. The van der Waals surface area contributed by atoms with Crippen molar-refractivity contribution < 1.29 is 19.8 Å². The Balaban J connectivity index is 1.88. The summed E-state index contributed by atoms with van der Waals surface area (Å²) in [4.78, 5) is 28.6. The summed E-state index contributed by atoms with van der Waals surface area (Å²) in [5.41, 5.74) is 0.684. The highest BCUT2D eigenvalue weighted by atomic mass is 32.2. The quantitative estimate of drug-likeness (QED) is 0.648. The first kappa shape index (κ1) is 18.4. The summed E-state index contributed by atoms with van der Waals surface area (Å²) in [7, 11) is 3.37. The van der Waals surface area contributed by atoms with Crippen LogP contribution in [0.25, 0.3) is 0 Å². The second-order valence-corrected chi connectivity index (χ2v) is 7.50. The number of amides is 3. The minimum absolute atomic E-state index is 0.176. The number of imide groups is 1. The summed E-state index contributed by atoms with van der Waals surface area (Å²) < 4.78 is 0. The Labute approximate surface area is 143 Å². The Morgan fingerprint density at radius 1 is 1.39 bits per heavy atom. The van der Waals surface area contributed by atoms with Crippen molar-refractivity contribution >= 4 is 23.7 Å². The van der Waals surface area contributed by atoms with Crippen molar-refractivity contribution in [2.75, 3.05) is 52.3 Å². The highest BCUT2D eigenvalue weighted by Crippen LogP contribution is 2.19. The van der Waals surface area contributed by atoms with Crippen LogP contribution in [-0.2, 0) is 4.79 Å². The number of carbonyl (C=O) groups excluding carboxylic acids is 2. The van der Waals surface area contributed by atoms with Crippen molar-refractivity contribution in [3.8, 4) is 0 Å². The lowest BCUT2D eigenvalue weighted by Gasteiger charge is -2.32. The number of thioether (sulfide) groups is 1. The molecule has 0 aromatic heterocycles. The lowest BCUT2D eigenvalue weighted by molar-refractivity contribution is -0.874. The predicted molar refractivity (Wildman–Crippen MR) is 92.1 cm³/mol. The molecule has 3 amide bonds. The van der Waals surface area contributed by atoms with Crippen LogP contribution in [0.5, 0.6) is 0 Å². The van der Waals surface area contributed by atoms with Crippen molar-refractivity contribution in [2.45, 2.75) is 19.8 Å². The van der Waals surface area contributed by atoms with Crippen LogP contribution in [0.2, 0.25) is 0 Å². The number of likely N-dealkylation sites (tertiary alicyclic amines) is 1. The van der Waals surface area contributed by atoms with Gasteiger partial charge in [0.15, 0.2) is 0 Å². The van der Waals surface area contributed by atoms with Crippen LogP contribution in [0.4, 0.5) is 4.79 Å². The molecule has 0 aromatic carbocycles. The van der Waals surface area contributed by atoms with Crippen LogP contribution < -0.4 is 10.2 Å². The maximum Gasteiger partial charge on any atom is 0.433 e. The van der Waals surface area contributed by atoms with Crippen LogP contribution in [0, 0.1) is 5.92 Å². The Morgan fingerprint density at radius 3 is 2.83 bits per heavy atom. The molecule has 0 aromatic rings. The molecule has 6 nitrogen and oxygen atoms in total. The zero-order valence-electron chi connectivity index (χ0n) is 14.7.